The zero-order valence-corrected chi connectivity index (χ0v) is 13.2. The van der Waals surface area contributed by atoms with Gasteiger partial charge in [-0.1, -0.05) is 24.3 Å². The lowest BCUT2D eigenvalue weighted by atomic mass is 10.1. The molecule has 130 valence electrons. The highest BCUT2D eigenvalue weighted by molar-refractivity contribution is 6.11. The number of nitrogens with zero attached hydrogens (tertiary/aromatic N) is 2. The number of hydrogen-bond acceptors (Lipinski definition) is 4. The number of azo groups is 1. The summed E-state index contributed by atoms with van der Waals surface area (Å²) in [7, 11) is 0. The van der Waals surface area contributed by atoms with Gasteiger partial charge in [-0.05, 0) is 36.4 Å². The van der Waals surface area contributed by atoms with E-state index in [0.717, 1.165) is 17.5 Å². The molecule has 0 saturated heterocycles. The third kappa shape index (κ3) is 2.77. The van der Waals surface area contributed by atoms with Crippen molar-refractivity contribution >= 4 is 33.3 Å². The van der Waals surface area contributed by atoms with Crippen molar-refractivity contribution in [1.29, 1.82) is 0 Å². The lowest BCUT2D eigenvalue weighted by molar-refractivity contribution is -0.137. The first-order valence-electron chi connectivity index (χ1n) is 7.66. The van der Waals surface area contributed by atoms with Gasteiger partial charge in [0, 0.05) is 5.39 Å². The SMILES string of the molecule is Oc1ccc2oc3ccccc3c2c1N=Nc1cccc(C(F)(F)F)c1. The number of phenols is 1. The number of furan rings is 1. The maximum absolute atomic E-state index is 12.8. The second kappa shape index (κ2) is 5.87. The molecule has 4 aromatic rings. The van der Waals surface area contributed by atoms with Crippen molar-refractivity contribution in [3.63, 3.8) is 0 Å². The van der Waals surface area contributed by atoms with Crippen molar-refractivity contribution in [1.82, 2.24) is 0 Å². The zero-order chi connectivity index (χ0) is 18.3. The molecule has 4 nitrogen and oxygen atoms in total. The summed E-state index contributed by atoms with van der Waals surface area (Å²) in [4.78, 5) is 0. The van der Waals surface area contributed by atoms with Crippen LogP contribution >= 0.6 is 0 Å². The number of halogens is 3. The third-order valence-corrected chi connectivity index (χ3v) is 3.93. The van der Waals surface area contributed by atoms with E-state index in [-0.39, 0.29) is 17.1 Å². The minimum Gasteiger partial charge on any atom is -0.506 e. The lowest BCUT2D eigenvalue weighted by Crippen LogP contribution is -2.03. The Morgan fingerprint density at radius 1 is 0.846 bits per heavy atom. The summed E-state index contributed by atoms with van der Waals surface area (Å²) in [5.41, 5.74) is 0.477. The Kier molecular flexibility index (Phi) is 3.64. The first kappa shape index (κ1) is 16.1. The van der Waals surface area contributed by atoms with E-state index in [1.54, 1.807) is 12.1 Å². The van der Waals surface area contributed by atoms with Gasteiger partial charge in [0.05, 0.1) is 16.6 Å². The van der Waals surface area contributed by atoms with Crippen molar-refractivity contribution in [3.8, 4) is 5.75 Å². The van der Waals surface area contributed by atoms with Crippen molar-refractivity contribution in [2.75, 3.05) is 0 Å². The minimum absolute atomic E-state index is 0.0315. The molecule has 3 aromatic carbocycles. The Hall–Kier alpha value is -3.35. The third-order valence-electron chi connectivity index (χ3n) is 3.93. The van der Waals surface area contributed by atoms with Gasteiger partial charge in [-0.25, -0.2) is 0 Å². The van der Waals surface area contributed by atoms with Crippen molar-refractivity contribution in [2.24, 2.45) is 10.2 Å². The van der Waals surface area contributed by atoms with Gasteiger partial charge in [0.2, 0.25) is 0 Å². The molecule has 1 N–H and O–H groups in total. The van der Waals surface area contributed by atoms with Crippen LogP contribution in [0.1, 0.15) is 5.56 Å². The van der Waals surface area contributed by atoms with Crippen molar-refractivity contribution < 1.29 is 22.7 Å². The predicted octanol–water partition coefficient (Wildman–Crippen LogP) is 6.73. The molecule has 0 radical (unpaired) electrons. The number of rotatable bonds is 2. The van der Waals surface area contributed by atoms with Gasteiger partial charge in [0.25, 0.3) is 0 Å². The maximum atomic E-state index is 12.8. The summed E-state index contributed by atoms with van der Waals surface area (Å²) in [6.45, 7) is 0. The molecule has 0 amide bonds. The number of fused-ring (bicyclic) bond motifs is 3. The average Bonchev–Trinajstić information content (AvgIpc) is 2.99. The smallest absolute Gasteiger partial charge is 0.416 e. The number of para-hydroxylation sites is 1. The van der Waals surface area contributed by atoms with E-state index in [2.05, 4.69) is 10.2 Å². The van der Waals surface area contributed by atoms with Crippen LogP contribution in [0.5, 0.6) is 5.75 Å². The first-order valence-corrected chi connectivity index (χ1v) is 7.66. The van der Waals surface area contributed by atoms with Crippen LogP contribution in [-0.4, -0.2) is 5.11 Å². The molecule has 1 aromatic heterocycles. The maximum Gasteiger partial charge on any atom is 0.416 e. The van der Waals surface area contributed by atoms with E-state index in [9.17, 15) is 18.3 Å². The molecule has 26 heavy (non-hydrogen) atoms. The van der Waals surface area contributed by atoms with Gasteiger partial charge in [-0.2, -0.15) is 18.3 Å². The number of alkyl halides is 3. The second-order valence-electron chi connectivity index (χ2n) is 5.65. The van der Waals surface area contributed by atoms with E-state index < -0.39 is 11.7 Å². The first-order chi connectivity index (χ1) is 12.4. The Morgan fingerprint density at radius 2 is 1.65 bits per heavy atom. The van der Waals surface area contributed by atoms with E-state index in [1.807, 2.05) is 18.2 Å². The molecule has 0 aliphatic rings. The highest BCUT2D eigenvalue weighted by atomic mass is 19.4. The van der Waals surface area contributed by atoms with Crippen LogP contribution in [0.2, 0.25) is 0 Å². The largest absolute Gasteiger partial charge is 0.506 e. The van der Waals surface area contributed by atoms with Gasteiger partial charge in [-0.3, -0.25) is 0 Å². The fourth-order valence-electron chi connectivity index (χ4n) is 2.74. The molecule has 4 rings (SSSR count). The Morgan fingerprint density at radius 3 is 2.46 bits per heavy atom. The molecular formula is C19H11F3N2O2. The highest BCUT2D eigenvalue weighted by Gasteiger charge is 2.30. The van der Waals surface area contributed by atoms with Crippen LogP contribution in [0, 0.1) is 0 Å². The zero-order valence-electron chi connectivity index (χ0n) is 13.2. The van der Waals surface area contributed by atoms with Crippen LogP contribution in [0.15, 0.2) is 75.3 Å². The molecule has 0 fully saturated rings. The van der Waals surface area contributed by atoms with E-state index in [1.165, 1.54) is 18.2 Å². The predicted molar refractivity (Wildman–Crippen MR) is 91.0 cm³/mol. The summed E-state index contributed by atoms with van der Waals surface area (Å²) in [5, 5.41) is 19.3. The Labute approximate surface area is 145 Å². The van der Waals surface area contributed by atoms with Gasteiger partial charge in [0.15, 0.2) is 0 Å². The van der Waals surface area contributed by atoms with E-state index in [4.69, 9.17) is 4.42 Å². The number of benzene rings is 3. The summed E-state index contributed by atoms with van der Waals surface area (Å²) >= 11 is 0. The van der Waals surface area contributed by atoms with Crippen LogP contribution in [0.25, 0.3) is 21.9 Å². The molecule has 7 heteroatoms. The summed E-state index contributed by atoms with van der Waals surface area (Å²) in [5.74, 6) is -0.139. The normalized spacial score (nSPS) is 12.4. The molecule has 0 unspecified atom stereocenters. The quantitative estimate of drug-likeness (QED) is 0.405. The molecule has 0 bridgehead atoms. The standard InChI is InChI=1S/C19H11F3N2O2/c20-19(21,22)11-4-3-5-12(10-11)23-24-18-14(25)8-9-16-17(18)13-6-1-2-7-15(13)26-16/h1-10,25H. The van der Waals surface area contributed by atoms with E-state index >= 15 is 0 Å². The molecule has 0 aliphatic heterocycles. The lowest BCUT2D eigenvalue weighted by Gasteiger charge is -2.06. The second-order valence-corrected chi connectivity index (χ2v) is 5.65. The van der Waals surface area contributed by atoms with Crippen molar-refractivity contribution in [2.45, 2.75) is 6.18 Å². The topological polar surface area (TPSA) is 58.1 Å². The van der Waals surface area contributed by atoms with Crippen LogP contribution < -0.4 is 0 Å². The van der Waals surface area contributed by atoms with Crippen LogP contribution in [0.4, 0.5) is 24.5 Å². The molecule has 0 aliphatic carbocycles. The molecular weight excluding hydrogens is 345 g/mol. The fraction of sp³-hybridized carbons (Fsp3) is 0.0526. The van der Waals surface area contributed by atoms with Gasteiger partial charge in [0.1, 0.15) is 22.6 Å². The highest BCUT2D eigenvalue weighted by Crippen LogP contribution is 2.42. The average molecular weight is 356 g/mol. The molecule has 1 heterocycles. The Bertz CT molecular complexity index is 1150. The number of aromatic hydroxyl groups is 1. The molecule has 0 spiro atoms. The van der Waals surface area contributed by atoms with Crippen LogP contribution in [0.3, 0.4) is 0 Å². The van der Waals surface area contributed by atoms with Crippen molar-refractivity contribution in [3.05, 3.63) is 66.2 Å². The molecule has 0 saturated carbocycles. The summed E-state index contributed by atoms with van der Waals surface area (Å²) in [6, 6.07) is 14.7. The number of hydrogen-bond donors (Lipinski definition) is 1. The Balaban J connectivity index is 1.85. The fourth-order valence-corrected chi connectivity index (χ4v) is 2.74. The minimum atomic E-state index is -4.46. The van der Waals surface area contributed by atoms with E-state index in [0.29, 0.717) is 16.6 Å². The van der Waals surface area contributed by atoms with Gasteiger partial charge in [-0.15, -0.1) is 5.11 Å². The van der Waals surface area contributed by atoms with Gasteiger partial charge < -0.3 is 9.52 Å². The molecule has 0 atom stereocenters. The summed E-state index contributed by atoms with van der Waals surface area (Å²) < 4.78 is 44.1. The number of phenolic OH excluding ortho intramolecular Hbond substituents is 1. The van der Waals surface area contributed by atoms with Gasteiger partial charge >= 0.3 is 6.18 Å². The monoisotopic (exact) mass is 356 g/mol. The summed E-state index contributed by atoms with van der Waals surface area (Å²) in [6.07, 6.45) is -4.46. The van der Waals surface area contributed by atoms with Crippen LogP contribution in [-0.2, 0) is 6.18 Å².